The van der Waals surface area contributed by atoms with Crippen molar-refractivity contribution in [1.82, 2.24) is 0 Å². The molecule has 0 bridgehead atoms. The summed E-state index contributed by atoms with van der Waals surface area (Å²) in [6.45, 7) is 4.14. The van der Waals surface area contributed by atoms with Crippen LogP contribution in [0, 0.1) is 24.0 Å². The Kier molecular flexibility index (Phi) is 5.41. The fraction of sp³-hybridized carbons (Fsp3) is 0.125. The zero-order valence-corrected chi connectivity index (χ0v) is 17.0. The van der Waals surface area contributed by atoms with Gasteiger partial charge in [-0.2, -0.15) is 0 Å². The minimum absolute atomic E-state index is 0.0232. The molecule has 0 radical (unpaired) electrons. The average molecular weight is 417 g/mol. The van der Waals surface area contributed by atoms with Gasteiger partial charge in [0.05, 0.1) is 10.3 Å². The molecule has 4 rings (SSSR count). The first-order valence-electron chi connectivity index (χ1n) is 9.57. The SMILES string of the molecule is Cc1cc(C)cc(Oc2coc3cc(OCc4ccc([N+](=O)[O-])cc4)ccc3c2=O)c1. The lowest BCUT2D eigenvalue weighted by Gasteiger charge is -2.09. The molecule has 0 unspecified atom stereocenters. The molecule has 0 saturated heterocycles. The van der Waals surface area contributed by atoms with Gasteiger partial charge in [-0.3, -0.25) is 14.9 Å². The largest absolute Gasteiger partial charge is 0.489 e. The lowest BCUT2D eigenvalue weighted by Crippen LogP contribution is -2.05. The fourth-order valence-corrected chi connectivity index (χ4v) is 3.25. The number of aryl methyl sites for hydroxylation is 2. The van der Waals surface area contributed by atoms with Crippen LogP contribution < -0.4 is 14.9 Å². The van der Waals surface area contributed by atoms with Gasteiger partial charge in [0.2, 0.25) is 11.2 Å². The second-order valence-corrected chi connectivity index (χ2v) is 7.22. The molecule has 0 saturated carbocycles. The average Bonchev–Trinajstić information content (AvgIpc) is 2.74. The molecule has 0 aliphatic rings. The van der Waals surface area contributed by atoms with Crippen LogP contribution in [0.15, 0.2) is 76.1 Å². The van der Waals surface area contributed by atoms with E-state index in [0.29, 0.717) is 22.5 Å². The summed E-state index contributed by atoms with van der Waals surface area (Å²) in [5, 5.41) is 11.1. The van der Waals surface area contributed by atoms with Crippen LogP contribution in [0.25, 0.3) is 11.0 Å². The second-order valence-electron chi connectivity index (χ2n) is 7.22. The van der Waals surface area contributed by atoms with Gasteiger partial charge in [0.25, 0.3) is 5.69 Å². The van der Waals surface area contributed by atoms with E-state index in [1.54, 1.807) is 30.3 Å². The molecule has 1 heterocycles. The van der Waals surface area contributed by atoms with E-state index in [1.165, 1.54) is 18.4 Å². The first kappa shape index (κ1) is 20.2. The molecule has 1 aromatic heterocycles. The molecule has 0 fully saturated rings. The van der Waals surface area contributed by atoms with Crippen molar-refractivity contribution in [2.75, 3.05) is 0 Å². The van der Waals surface area contributed by atoms with Gasteiger partial charge in [-0.1, -0.05) is 6.07 Å². The highest BCUT2D eigenvalue weighted by Crippen LogP contribution is 2.26. The summed E-state index contributed by atoms with van der Waals surface area (Å²) < 4.78 is 17.1. The Morgan fingerprint density at radius 3 is 2.32 bits per heavy atom. The first-order chi connectivity index (χ1) is 14.9. The Morgan fingerprint density at radius 1 is 0.935 bits per heavy atom. The predicted octanol–water partition coefficient (Wildman–Crippen LogP) is 5.69. The van der Waals surface area contributed by atoms with Crippen molar-refractivity contribution in [1.29, 1.82) is 0 Å². The summed E-state index contributed by atoms with van der Waals surface area (Å²) in [5.74, 6) is 1.20. The number of non-ortho nitro benzene ring substituents is 1. The number of hydrogen-bond donors (Lipinski definition) is 0. The van der Waals surface area contributed by atoms with Crippen LogP contribution in [-0.4, -0.2) is 4.92 Å². The van der Waals surface area contributed by atoms with Crippen LogP contribution >= 0.6 is 0 Å². The normalized spacial score (nSPS) is 10.8. The minimum atomic E-state index is -0.450. The molecule has 0 atom stereocenters. The van der Waals surface area contributed by atoms with Crippen LogP contribution in [0.4, 0.5) is 5.69 Å². The number of fused-ring (bicyclic) bond motifs is 1. The number of nitrogens with zero attached hydrogens (tertiary/aromatic N) is 1. The highest BCUT2D eigenvalue weighted by molar-refractivity contribution is 5.79. The first-order valence-corrected chi connectivity index (χ1v) is 9.57. The maximum Gasteiger partial charge on any atom is 0.269 e. The summed E-state index contributed by atoms with van der Waals surface area (Å²) in [6.07, 6.45) is 1.29. The molecule has 0 N–H and O–H groups in total. The van der Waals surface area contributed by atoms with Crippen LogP contribution in [0.3, 0.4) is 0 Å². The molecule has 156 valence electrons. The standard InChI is InChI=1S/C24H19NO6/c1-15-9-16(2)11-20(10-15)31-23-14-30-22-12-19(7-8-21(22)24(23)26)29-13-17-3-5-18(6-4-17)25(27)28/h3-12,14H,13H2,1-2H3. The summed E-state index contributed by atoms with van der Waals surface area (Å²) in [5.41, 5.74) is 2.98. The maximum absolute atomic E-state index is 12.8. The fourth-order valence-electron chi connectivity index (χ4n) is 3.25. The summed E-state index contributed by atoms with van der Waals surface area (Å²) in [7, 11) is 0. The third kappa shape index (κ3) is 4.56. The van der Waals surface area contributed by atoms with Gasteiger partial charge in [0, 0.05) is 18.2 Å². The van der Waals surface area contributed by atoms with Gasteiger partial charge in [-0.05, 0) is 66.9 Å². The molecule has 4 aromatic rings. The molecule has 31 heavy (non-hydrogen) atoms. The lowest BCUT2D eigenvalue weighted by atomic mass is 10.1. The number of nitro groups is 1. The highest BCUT2D eigenvalue weighted by atomic mass is 16.6. The van der Waals surface area contributed by atoms with Crippen LogP contribution in [0.5, 0.6) is 17.2 Å². The van der Waals surface area contributed by atoms with E-state index in [9.17, 15) is 14.9 Å². The van der Waals surface area contributed by atoms with Crippen LogP contribution in [0.1, 0.15) is 16.7 Å². The minimum Gasteiger partial charge on any atom is -0.489 e. The zero-order chi connectivity index (χ0) is 22.0. The summed E-state index contributed by atoms with van der Waals surface area (Å²) >= 11 is 0. The van der Waals surface area contributed by atoms with Crippen molar-refractivity contribution in [2.45, 2.75) is 20.5 Å². The smallest absolute Gasteiger partial charge is 0.269 e. The van der Waals surface area contributed by atoms with Gasteiger partial charge in [-0.25, -0.2) is 0 Å². The van der Waals surface area contributed by atoms with E-state index >= 15 is 0 Å². The second kappa shape index (κ2) is 8.31. The third-order valence-corrected chi connectivity index (χ3v) is 4.69. The van der Waals surface area contributed by atoms with Crippen molar-refractivity contribution < 1.29 is 18.8 Å². The quantitative estimate of drug-likeness (QED) is 0.296. The van der Waals surface area contributed by atoms with E-state index in [-0.39, 0.29) is 23.5 Å². The lowest BCUT2D eigenvalue weighted by molar-refractivity contribution is -0.384. The molecule has 0 spiro atoms. The Balaban J connectivity index is 1.52. The number of nitro benzene ring substituents is 1. The van der Waals surface area contributed by atoms with Gasteiger partial charge in [0.15, 0.2) is 0 Å². The topological polar surface area (TPSA) is 91.8 Å². The van der Waals surface area contributed by atoms with Crippen molar-refractivity contribution in [3.05, 3.63) is 104 Å². The third-order valence-electron chi connectivity index (χ3n) is 4.69. The van der Waals surface area contributed by atoms with Crippen LogP contribution in [0.2, 0.25) is 0 Å². The maximum atomic E-state index is 12.8. The molecule has 3 aromatic carbocycles. The highest BCUT2D eigenvalue weighted by Gasteiger charge is 2.11. The number of rotatable bonds is 6. The summed E-state index contributed by atoms with van der Waals surface area (Å²) in [4.78, 5) is 23.1. The van der Waals surface area contributed by atoms with E-state index < -0.39 is 4.92 Å². The van der Waals surface area contributed by atoms with Crippen molar-refractivity contribution in [2.24, 2.45) is 0 Å². The monoisotopic (exact) mass is 417 g/mol. The van der Waals surface area contributed by atoms with E-state index in [2.05, 4.69) is 0 Å². The number of hydrogen-bond acceptors (Lipinski definition) is 6. The molecule has 0 aliphatic carbocycles. The Labute approximate surface area is 177 Å². The number of benzene rings is 3. The molecule has 0 amide bonds. The van der Waals surface area contributed by atoms with Crippen LogP contribution in [-0.2, 0) is 6.61 Å². The van der Waals surface area contributed by atoms with Crippen molar-refractivity contribution in [3.63, 3.8) is 0 Å². The molecular weight excluding hydrogens is 398 g/mol. The van der Waals surface area contributed by atoms with Gasteiger partial charge in [-0.15, -0.1) is 0 Å². The molecular formula is C24H19NO6. The molecule has 7 heteroatoms. The molecule has 0 aliphatic heterocycles. The van der Waals surface area contributed by atoms with Gasteiger partial charge >= 0.3 is 0 Å². The summed E-state index contributed by atoms with van der Waals surface area (Å²) in [6, 6.07) is 16.8. The molecule has 7 nitrogen and oxygen atoms in total. The van der Waals surface area contributed by atoms with E-state index in [4.69, 9.17) is 13.9 Å². The van der Waals surface area contributed by atoms with Gasteiger partial charge < -0.3 is 13.9 Å². The zero-order valence-electron chi connectivity index (χ0n) is 17.0. The Morgan fingerprint density at radius 2 is 1.65 bits per heavy atom. The van der Waals surface area contributed by atoms with E-state index in [0.717, 1.165) is 16.7 Å². The van der Waals surface area contributed by atoms with Crippen molar-refractivity contribution in [3.8, 4) is 17.2 Å². The predicted molar refractivity (Wildman–Crippen MR) is 116 cm³/mol. The Bertz CT molecular complexity index is 1300. The van der Waals surface area contributed by atoms with E-state index in [1.807, 2.05) is 32.0 Å². The van der Waals surface area contributed by atoms with Crippen molar-refractivity contribution >= 4 is 16.7 Å². The number of ether oxygens (including phenoxy) is 2. The Hall–Kier alpha value is -4.13. The van der Waals surface area contributed by atoms with Gasteiger partial charge in [0.1, 0.15) is 30.0 Å².